The highest BCUT2D eigenvalue weighted by atomic mass is 35.5. The molecule has 6 nitrogen and oxygen atoms in total. The summed E-state index contributed by atoms with van der Waals surface area (Å²) in [6.45, 7) is 0. The van der Waals surface area contributed by atoms with Crippen molar-refractivity contribution in [3.63, 3.8) is 0 Å². The number of aromatic amines is 1. The molecule has 108 valence electrons. The topological polar surface area (TPSA) is 101 Å². The van der Waals surface area contributed by atoms with E-state index in [1.807, 2.05) is 12.1 Å². The maximum absolute atomic E-state index is 12.3. The van der Waals surface area contributed by atoms with E-state index in [2.05, 4.69) is 14.7 Å². The fraction of sp³-hybridized carbons (Fsp3) is 0. The van der Waals surface area contributed by atoms with Crippen LogP contribution in [0.25, 0.3) is 11.0 Å². The number of halogens is 1. The summed E-state index contributed by atoms with van der Waals surface area (Å²) in [5.41, 5.74) is 7.24. The highest BCUT2D eigenvalue weighted by Gasteiger charge is 2.17. The number of nitrogens with two attached hydrogens (primary N) is 1. The Balaban J connectivity index is 1.96. The molecule has 3 rings (SSSR count). The lowest BCUT2D eigenvalue weighted by molar-refractivity contribution is 0.601. The predicted octanol–water partition coefficient (Wildman–Crippen LogP) is 2.60. The van der Waals surface area contributed by atoms with Crippen molar-refractivity contribution in [2.75, 3.05) is 10.5 Å². The molecule has 0 aliphatic rings. The van der Waals surface area contributed by atoms with Gasteiger partial charge < -0.3 is 10.7 Å². The lowest BCUT2D eigenvalue weighted by Crippen LogP contribution is -2.14. The lowest BCUT2D eigenvalue weighted by atomic mass is 10.3. The van der Waals surface area contributed by atoms with Crippen molar-refractivity contribution in [3.8, 4) is 0 Å². The van der Waals surface area contributed by atoms with Crippen LogP contribution >= 0.6 is 11.6 Å². The van der Waals surface area contributed by atoms with E-state index in [-0.39, 0.29) is 16.5 Å². The molecular formula is C13H11ClN4O2S. The molecule has 1 heterocycles. The van der Waals surface area contributed by atoms with Gasteiger partial charge in [-0.25, -0.2) is 18.1 Å². The second-order valence-corrected chi connectivity index (χ2v) is 6.48. The number of fused-ring (bicyclic) bond motifs is 1. The zero-order valence-electron chi connectivity index (χ0n) is 10.7. The van der Waals surface area contributed by atoms with Gasteiger partial charge in [0.1, 0.15) is 0 Å². The molecule has 0 aliphatic carbocycles. The van der Waals surface area contributed by atoms with Crippen molar-refractivity contribution < 1.29 is 8.42 Å². The quantitative estimate of drug-likeness (QED) is 0.645. The summed E-state index contributed by atoms with van der Waals surface area (Å²) < 4.78 is 26.9. The molecule has 0 spiro atoms. The second-order valence-electron chi connectivity index (χ2n) is 4.39. The average molecular weight is 323 g/mol. The van der Waals surface area contributed by atoms with Gasteiger partial charge in [-0.15, -0.1) is 0 Å². The Kier molecular flexibility index (Phi) is 3.23. The minimum atomic E-state index is -3.78. The first-order chi connectivity index (χ1) is 9.95. The monoisotopic (exact) mass is 322 g/mol. The Morgan fingerprint density at radius 2 is 1.95 bits per heavy atom. The summed E-state index contributed by atoms with van der Waals surface area (Å²) in [4.78, 5) is 7.07. The normalized spacial score (nSPS) is 11.7. The third-order valence-corrected chi connectivity index (χ3v) is 4.58. The third kappa shape index (κ3) is 2.65. The van der Waals surface area contributed by atoms with Gasteiger partial charge in [0.15, 0.2) is 0 Å². The van der Waals surface area contributed by atoms with Crippen LogP contribution in [0.2, 0.25) is 5.02 Å². The van der Waals surface area contributed by atoms with Crippen molar-refractivity contribution >= 4 is 44.3 Å². The van der Waals surface area contributed by atoms with Crippen molar-refractivity contribution in [2.24, 2.45) is 0 Å². The number of imidazole rings is 1. The minimum absolute atomic E-state index is 0.0184. The number of benzene rings is 2. The summed E-state index contributed by atoms with van der Waals surface area (Å²) in [7, 11) is -3.78. The first-order valence-corrected chi connectivity index (χ1v) is 7.84. The summed E-state index contributed by atoms with van der Waals surface area (Å²) in [6, 6.07) is 11.4. The Hall–Kier alpha value is -2.25. The summed E-state index contributed by atoms with van der Waals surface area (Å²) in [5, 5.41) is 0.303. The maximum Gasteiger partial charge on any atom is 0.264 e. The van der Waals surface area contributed by atoms with Crippen LogP contribution in [0.1, 0.15) is 0 Å². The minimum Gasteiger partial charge on any atom is -0.397 e. The Labute approximate surface area is 126 Å². The molecule has 0 fully saturated rings. The van der Waals surface area contributed by atoms with E-state index in [1.165, 1.54) is 18.2 Å². The van der Waals surface area contributed by atoms with E-state index in [0.717, 1.165) is 5.52 Å². The molecule has 0 saturated heterocycles. The van der Waals surface area contributed by atoms with Gasteiger partial charge in [-0.2, -0.15) is 0 Å². The molecule has 0 bridgehead atoms. The van der Waals surface area contributed by atoms with Gasteiger partial charge in [-0.3, -0.25) is 0 Å². The molecule has 0 amide bonds. The molecule has 4 N–H and O–H groups in total. The van der Waals surface area contributed by atoms with E-state index < -0.39 is 10.0 Å². The number of H-pyrrole nitrogens is 1. The number of aromatic nitrogens is 2. The van der Waals surface area contributed by atoms with Crippen LogP contribution in [0, 0.1) is 0 Å². The number of nitrogens with zero attached hydrogens (tertiary/aromatic N) is 1. The summed E-state index contributed by atoms with van der Waals surface area (Å²) in [6.07, 6.45) is 0. The summed E-state index contributed by atoms with van der Waals surface area (Å²) >= 11 is 5.79. The first-order valence-electron chi connectivity index (χ1n) is 5.98. The van der Waals surface area contributed by atoms with Gasteiger partial charge in [-0.1, -0.05) is 23.7 Å². The Morgan fingerprint density at radius 3 is 2.67 bits per heavy atom. The van der Waals surface area contributed by atoms with Crippen LogP contribution in [-0.2, 0) is 10.0 Å². The zero-order valence-corrected chi connectivity index (χ0v) is 12.2. The molecule has 8 heteroatoms. The molecule has 0 unspecified atom stereocenters. The van der Waals surface area contributed by atoms with Crippen molar-refractivity contribution in [1.29, 1.82) is 0 Å². The second kappa shape index (κ2) is 4.94. The van der Waals surface area contributed by atoms with Gasteiger partial charge in [0.2, 0.25) is 5.95 Å². The lowest BCUT2D eigenvalue weighted by Gasteiger charge is -2.06. The van der Waals surface area contributed by atoms with Gasteiger partial charge >= 0.3 is 0 Å². The molecule has 1 aromatic heterocycles. The Bertz CT molecular complexity index is 888. The SMILES string of the molecule is Nc1cc(S(=O)(=O)Nc2nc3ccccc3[nH]2)ccc1Cl. The summed E-state index contributed by atoms with van der Waals surface area (Å²) in [5.74, 6) is 0.143. The van der Waals surface area contributed by atoms with Crippen LogP contribution in [-0.4, -0.2) is 18.4 Å². The maximum atomic E-state index is 12.3. The number of rotatable bonds is 3. The van der Waals surface area contributed by atoms with Crippen LogP contribution in [0.4, 0.5) is 11.6 Å². The zero-order chi connectivity index (χ0) is 15.0. The molecule has 2 aromatic carbocycles. The van der Waals surface area contributed by atoms with Crippen molar-refractivity contribution in [1.82, 2.24) is 9.97 Å². The van der Waals surface area contributed by atoms with E-state index in [1.54, 1.807) is 12.1 Å². The van der Waals surface area contributed by atoms with Gasteiger partial charge in [0.05, 0.1) is 26.6 Å². The molecule has 0 radical (unpaired) electrons. The largest absolute Gasteiger partial charge is 0.397 e. The standard InChI is InChI=1S/C13H11ClN4O2S/c14-9-6-5-8(7-10(9)15)21(19,20)18-13-16-11-3-1-2-4-12(11)17-13/h1-7H,15H2,(H2,16,17,18). The molecular weight excluding hydrogens is 312 g/mol. The molecule has 3 aromatic rings. The fourth-order valence-corrected chi connectivity index (χ4v) is 2.99. The highest BCUT2D eigenvalue weighted by molar-refractivity contribution is 7.92. The van der Waals surface area contributed by atoms with E-state index in [9.17, 15) is 8.42 Å². The number of hydrogen-bond acceptors (Lipinski definition) is 4. The molecule has 0 saturated carbocycles. The van der Waals surface area contributed by atoms with E-state index in [4.69, 9.17) is 17.3 Å². The number of sulfonamides is 1. The number of nitrogen functional groups attached to an aromatic ring is 1. The van der Waals surface area contributed by atoms with E-state index in [0.29, 0.717) is 10.5 Å². The van der Waals surface area contributed by atoms with Crippen LogP contribution in [0.3, 0.4) is 0 Å². The van der Waals surface area contributed by atoms with E-state index >= 15 is 0 Å². The fourth-order valence-electron chi connectivity index (χ4n) is 1.88. The third-order valence-electron chi connectivity index (χ3n) is 2.90. The number of nitrogens with one attached hydrogen (secondary N) is 2. The molecule has 21 heavy (non-hydrogen) atoms. The van der Waals surface area contributed by atoms with Gasteiger partial charge in [0.25, 0.3) is 10.0 Å². The first kappa shape index (κ1) is 13.7. The number of hydrogen-bond donors (Lipinski definition) is 3. The number of para-hydroxylation sites is 2. The Morgan fingerprint density at radius 1 is 1.19 bits per heavy atom. The number of anilines is 2. The van der Waals surface area contributed by atoms with Crippen molar-refractivity contribution in [3.05, 3.63) is 47.5 Å². The average Bonchev–Trinajstić information content (AvgIpc) is 2.82. The molecule has 0 atom stereocenters. The van der Waals surface area contributed by atoms with Crippen LogP contribution < -0.4 is 10.5 Å². The smallest absolute Gasteiger partial charge is 0.264 e. The predicted molar refractivity (Wildman–Crippen MR) is 82.8 cm³/mol. The van der Waals surface area contributed by atoms with Gasteiger partial charge in [0, 0.05) is 0 Å². The van der Waals surface area contributed by atoms with Crippen LogP contribution in [0.5, 0.6) is 0 Å². The molecule has 0 aliphatic heterocycles. The van der Waals surface area contributed by atoms with Crippen molar-refractivity contribution in [2.45, 2.75) is 4.90 Å². The highest BCUT2D eigenvalue weighted by Crippen LogP contribution is 2.24. The van der Waals surface area contributed by atoms with Crippen LogP contribution in [0.15, 0.2) is 47.4 Å². The van der Waals surface area contributed by atoms with Gasteiger partial charge in [-0.05, 0) is 30.3 Å².